The van der Waals surface area contributed by atoms with Crippen LogP contribution in [0.5, 0.6) is 11.5 Å². The number of ether oxygens (including phenoxy) is 2. The van der Waals surface area contributed by atoms with Crippen LogP contribution in [-0.4, -0.2) is 52.5 Å². The van der Waals surface area contributed by atoms with E-state index in [1.807, 2.05) is 27.5 Å². The third-order valence-corrected chi connectivity index (χ3v) is 9.27. The van der Waals surface area contributed by atoms with Crippen molar-refractivity contribution < 1.29 is 40.2 Å². The maximum atomic E-state index is 12.4. The molecule has 2 aromatic carbocycles. The second kappa shape index (κ2) is 11.2. The van der Waals surface area contributed by atoms with Gasteiger partial charge < -0.3 is 14.4 Å². The van der Waals surface area contributed by atoms with Gasteiger partial charge in [0.25, 0.3) is 15.1 Å². The molecule has 0 fully saturated rings. The number of benzene rings is 2. The molecular weight excluding hydrogens is 622 g/mol. The predicted molar refractivity (Wildman–Crippen MR) is 147 cm³/mol. The number of rotatable bonds is 10. The number of aromatic nitrogens is 1. The summed E-state index contributed by atoms with van der Waals surface area (Å²) in [5.74, 6) is 0.0951. The van der Waals surface area contributed by atoms with Crippen molar-refractivity contribution in [1.82, 2.24) is 4.72 Å². The number of carbonyl (C=O) groups is 1. The first kappa shape index (κ1) is 28.3. The molecule has 1 aliphatic heterocycles. The molecule has 1 aliphatic rings. The van der Waals surface area contributed by atoms with Gasteiger partial charge in [0.05, 0.1) is 24.6 Å². The Morgan fingerprint density at radius 1 is 1.21 bits per heavy atom. The maximum Gasteiger partial charge on any atom is 0.268 e. The standard InChI is InChI=1S/C23H24BrN3O8S3/c1-15(28)25-37(29,30)11-9-27-19-12-16(24)4-7-21(19)36-23(27)14-22-26(8-3-10-38(31,32)33)18-13-17(34-2)5-6-20(18)35-22/h4-7,12-14H,3,8-11H2,1-2H3,(H-,25,28,31,32,33)/p+1. The molecule has 2 N–H and O–H groups in total. The van der Waals surface area contributed by atoms with Crippen molar-refractivity contribution >= 4 is 75.3 Å². The van der Waals surface area contributed by atoms with Crippen molar-refractivity contribution in [2.45, 2.75) is 19.9 Å². The van der Waals surface area contributed by atoms with Crippen LogP contribution in [0.2, 0.25) is 0 Å². The molecule has 0 spiro atoms. The highest BCUT2D eigenvalue weighted by Gasteiger charge is 2.30. The Labute approximate surface area is 232 Å². The molecule has 0 atom stereocenters. The predicted octanol–water partition coefficient (Wildman–Crippen LogP) is 2.90. The summed E-state index contributed by atoms with van der Waals surface area (Å²) in [4.78, 5) is 13.1. The number of halogens is 1. The number of aryl methyl sites for hydroxylation is 1. The Morgan fingerprint density at radius 2 is 1.97 bits per heavy atom. The van der Waals surface area contributed by atoms with Gasteiger partial charge in [0.1, 0.15) is 16.2 Å². The van der Waals surface area contributed by atoms with E-state index in [0.717, 1.165) is 21.6 Å². The van der Waals surface area contributed by atoms with Crippen LogP contribution < -0.4 is 23.7 Å². The van der Waals surface area contributed by atoms with Gasteiger partial charge in [-0.05, 0) is 30.7 Å². The largest absolute Gasteiger partial charge is 0.497 e. The molecule has 1 amide bonds. The Kier molecular flexibility index (Phi) is 8.32. The number of nitrogens with one attached hydrogen (secondary N) is 1. The van der Waals surface area contributed by atoms with Crippen molar-refractivity contribution in [2.24, 2.45) is 0 Å². The van der Waals surface area contributed by atoms with E-state index in [2.05, 4.69) is 15.9 Å². The maximum absolute atomic E-state index is 12.4. The number of thiazole rings is 1. The molecule has 204 valence electrons. The Morgan fingerprint density at radius 3 is 2.66 bits per heavy atom. The highest BCUT2D eigenvalue weighted by molar-refractivity contribution is 9.10. The van der Waals surface area contributed by atoms with Crippen molar-refractivity contribution in [3.63, 3.8) is 0 Å². The van der Waals surface area contributed by atoms with E-state index >= 15 is 0 Å². The quantitative estimate of drug-likeness (QED) is 0.251. The summed E-state index contributed by atoms with van der Waals surface area (Å²) in [5, 5.41) is 0.672. The summed E-state index contributed by atoms with van der Waals surface area (Å²) >= 11 is 4.88. The Balaban J connectivity index is 1.75. The zero-order valence-electron chi connectivity index (χ0n) is 20.4. The van der Waals surface area contributed by atoms with E-state index < -0.39 is 31.8 Å². The summed E-state index contributed by atoms with van der Waals surface area (Å²) < 4.78 is 73.5. The lowest BCUT2D eigenvalue weighted by Gasteiger charge is -2.18. The zero-order valence-corrected chi connectivity index (χ0v) is 24.4. The summed E-state index contributed by atoms with van der Waals surface area (Å²) in [6, 6.07) is 10.9. The van der Waals surface area contributed by atoms with Crippen LogP contribution in [0, 0.1) is 0 Å². The SMILES string of the molecule is COc1ccc2c(c1)N(CCCS(=O)(=O)O)C(=Cc1sc3ccc(Br)cc3[n+]1CCS(=O)(=O)NC(C)=O)O2. The third kappa shape index (κ3) is 6.83. The number of fused-ring (bicyclic) bond motifs is 2. The molecule has 11 nitrogen and oxygen atoms in total. The molecule has 15 heteroatoms. The lowest BCUT2D eigenvalue weighted by atomic mass is 10.2. The van der Waals surface area contributed by atoms with E-state index in [-0.39, 0.29) is 25.3 Å². The first-order valence-corrected chi connectivity index (χ1v) is 16.2. The molecule has 0 saturated carbocycles. The molecule has 0 aliphatic carbocycles. The van der Waals surface area contributed by atoms with Crippen LogP contribution in [0.25, 0.3) is 16.3 Å². The van der Waals surface area contributed by atoms with Crippen LogP contribution in [-0.2, 0) is 31.5 Å². The van der Waals surface area contributed by atoms with Crippen molar-refractivity contribution in [3.05, 3.63) is 51.8 Å². The number of methoxy groups -OCH3 is 1. The molecule has 0 bridgehead atoms. The fourth-order valence-corrected chi connectivity index (χ4v) is 6.85. The number of carbonyl (C=O) groups excluding carboxylic acids is 1. The fraction of sp³-hybridized carbons (Fsp3) is 0.304. The van der Waals surface area contributed by atoms with Gasteiger partial charge >= 0.3 is 0 Å². The van der Waals surface area contributed by atoms with Crippen molar-refractivity contribution in [3.8, 4) is 11.5 Å². The van der Waals surface area contributed by atoms with E-state index in [1.54, 1.807) is 29.2 Å². The minimum absolute atomic E-state index is 0.0572. The number of nitrogens with zero attached hydrogens (tertiary/aromatic N) is 2. The van der Waals surface area contributed by atoms with Crippen LogP contribution >= 0.6 is 27.3 Å². The smallest absolute Gasteiger partial charge is 0.268 e. The van der Waals surface area contributed by atoms with Gasteiger partial charge in [-0.25, -0.2) is 8.42 Å². The highest BCUT2D eigenvalue weighted by Crippen LogP contribution is 2.42. The van der Waals surface area contributed by atoms with Crippen LogP contribution in [0.3, 0.4) is 0 Å². The lowest BCUT2D eigenvalue weighted by molar-refractivity contribution is -0.664. The number of hydrogen-bond acceptors (Lipinski definition) is 9. The average molecular weight is 648 g/mol. The van der Waals surface area contributed by atoms with E-state index in [4.69, 9.17) is 9.47 Å². The van der Waals surface area contributed by atoms with Crippen molar-refractivity contribution in [1.29, 1.82) is 0 Å². The molecule has 2 heterocycles. The van der Waals surface area contributed by atoms with Gasteiger partial charge in [0.15, 0.2) is 12.3 Å². The molecule has 0 saturated heterocycles. The summed E-state index contributed by atoms with van der Waals surface area (Å²) in [5.41, 5.74) is 1.44. The molecule has 0 radical (unpaired) electrons. The summed E-state index contributed by atoms with van der Waals surface area (Å²) in [6.45, 7) is 1.42. The first-order valence-electron chi connectivity index (χ1n) is 11.3. The highest BCUT2D eigenvalue weighted by atomic mass is 79.9. The second-order valence-electron chi connectivity index (χ2n) is 8.39. The number of hydrogen-bond donors (Lipinski definition) is 2. The second-order valence-corrected chi connectivity index (χ2v) is 13.8. The molecule has 38 heavy (non-hydrogen) atoms. The Hall–Kier alpha value is -2.72. The van der Waals surface area contributed by atoms with Gasteiger partial charge in [0, 0.05) is 30.1 Å². The molecule has 0 unspecified atom stereocenters. The van der Waals surface area contributed by atoms with Crippen LogP contribution in [0.15, 0.2) is 46.8 Å². The number of amides is 1. The molecule has 4 rings (SSSR count). The number of anilines is 1. The van der Waals surface area contributed by atoms with E-state index in [1.165, 1.54) is 18.4 Å². The van der Waals surface area contributed by atoms with E-state index in [0.29, 0.717) is 28.1 Å². The van der Waals surface area contributed by atoms with E-state index in [9.17, 15) is 26.2 Å². The fourth-order valence-electron chi connectivity index (χ4n) is 3.95. The van der Waals surface area contributed by atoms with Crippen LogP contribution in [0.1, 0.15) is 18.4 Å². The first-order chi connectivity index (χ1) is 17.8. The van der Waals surface area contributed by atoms with Gasteiger partial charge in [-0.1, -0.05) is 27.3 Å². The average Bonchev–Trinajstić information content (AvgIpc) is 3.32. The van der Waals surface area contributed by atoms with Gasteiger partial charge in [-0.15, -0.1) is 0 Å². The summed E-state index contributed by atoms with van der Waals surface area (Å²) in [7, 11) is -6.47. The topological polar surface area (TPSA) is 143 Å². The monoisotopic (exact) mass is 646 g/mol. The summed E-state index contributed by atoms with van der Waals surface area (Å²) in [6.07, 6.45) is 1.88. The lowest BCUT2D eigenvalue weighted by Crippen LogP contribution is -2.42. The van der Waals surface area contributed by atoms with Gasteiger partial charge in [0.2, 0.25) is 27.3 Å². The van der Waals surface area contributed by atoms with Crippen LogP contribution in [0.4, 0.5) is 5.69 Å². The van der Waals surface area contributed by atoms with Crippen molar-refractivity contribution in [2.75, 3.05) is 30.1 Å². The Bertz CT molecular complexity index is 1630. The van der Waals surface area contributed by atoms with Gasteiger partial charge in [-0.2, -0.15) is 13.0 Å². The minimum atomic E-state index is -4.15. The minimum Gasteiger partial charge on any atom is -0.497 e. The molecular formula is C23H25BrN3O8S3+. The third-order valence-electron chi connectivity index (χ3n) is 5.54. The molecule has 3 aromatic rings. The van der Waals surface area contributed by atoms with Gasteiger partial charge in [-0.3, -0.25) is 14.1 Å². The normalized spacial score (nSPS) is 14.5. The zero-order chi connectivity index (χ0) is 27.7. The molecule has 1 aromatic heterocycles. The number of sulfonamides is 1.